The lowest BCUT2D eigenvalue weighted by molar-refractivity contribution is -0.139. The lowest BCUT2D eigenvalue weighted by Gasteiger charge is -2.13. The normalized spacial score (nSPS) is 11.9. The monoisotopic (exact) mass is 354 g/mol. The van der Waals surface area contributed by atoms with Crippen molar-refractivity contribution in [1.82, 2.24) is 10.3 Å². The van der Waals surface area contributed by atoms with Gasteiger partial charge in [0, 0.05) is 16.0 Å². The number of rotatable bonds is 7. The Morgan fingerprint density at radius 2 is 2.17 bits per heavy atom. The van der Waals surface area contributed by atoms with Crippen LogP contribution in [0.25, 0.3) is 0 Å². The van der Waals surface area contributed by atoms with E-state index >= 15 is 0 Å². The molecule has 1 heterocycles. The molecule has 2 aromatic rings. The van der Waals surface area contributed by atoms with Gasteiger partial charge in [0.1, 0.15) is 6.67 Å². The average Bonchev–Trinajstić information content (AvgIpc) is 2.95. The average molecular weight is 354 g/mol. The first-order chi connectivity index (χ1) is 11.0. The quantitative estimate of drug-likeness (QED) is 0.748. The van der Waals surface area contributed by atoms with Crippen LogP contribution in [0.4, 0.5) is 4.39 Å². The lowest BCUT2D eigenvalue weighted by Crippen LogP contribution is -2.42. The number of amides is 1. The molecule has 8 heteroatoms. The van der Waals surface area contributed by atoms with Crippen molar-refractivity contribution in [3.8, 4) is 0 Å². The van der Waals surface area contributed by atoms with Crippen LogP contribution in [-0.4, -0.2) is 34.7 Å². The standard InChI is InChI=1S/C15H15FN2O3S2/c1-9-17-10(7-22-9)8-23-13-5-3-2-4-11(13)14(19)18-12(6-16)15(20)21/h2-5,7,12H,6,8H2,1H3,(H,18,19)(H,20,21). The van der Waals surface area contributed by atoms with E-state index in [1.165, 1.54) is 11.8 Å². The van der Waals surface area contributed by atoms with Gasteiger partial charge in [0.15, 0.2) is 6.04 Å². The second kappa shape index (κ2) is 8.07. The number of halogens is 1. The largest absolute Gasteiger partial charge is 0.480 e. The Bertz CT molecular complexity index is 706. The highest BCUT2D eigenvalue weighted by molar-refractivity contribution is 7.98. The second-order valence-electron chi connectivity index (χ2n) is 4.66. The highest BCUT2D eigenvalue weighted by Crippen LogP contribution is 2.26. The van der Waals surface area contributed by atoms with Crippen LogP contribution in [0.15, 0.2) is 34.5 Å². The number of hydrogen-bond donors (Lipinski definition) is 2. The fourth-order valence-electron chi connectivity index (χ4n) is 1.81. The third-order valence-corrected chi connectivity index (χ3v) is 4.86. The Balaban J connectivity index is 2.10. The van der Waals surface area contributed by atoms with Crippen molar-refractivity contribution in [2.45, 2.75) is 23.6 Å². The molecular weight excluding hydrogens is 339 g/mol. The summed E-state index contributed by atoms with van der Waals surface area (Å²) in [6.07, 6.45) is 0. The maximum absolute atomic E-state index is 12.6. The molecule has 1 atom stereocenters. The zero-order valence-corrected chi connectivity index (χ0v) is 13.9. The third-order valence-electron chi connectivity index (χ3n) is 2.93. The number of hydrogen-bond acceptors (Lipinski definition) is 5. The molecule has 2 rings (SSSR count). The lowest BCUT2D eigenvalue weighted by atomic mass is 10.2. The van der Waals surface area contributed by atoms with Crippen molar-refractivity contribution in [2.75, 3.05) is 6.67 Å². The highest BCUT2D eigenvalue weighted by Gasteiger charge is 2.21. The number of carbonyl (C=O) groups is 2. The molecule has 0 aliphatic heterocycles. The Labute approximate surface area is 140 Å². The number of carboxylic acid groups (broad SMARTS) is 1. The molecule has 122 valence electrons. The molecule has 1 aromatic carbocycles. The third kappa shape index (κ3) is 4.77. The van der Waals surface area contributed by atoms with E-state index in [0.29, 0.717) is 16.2 Å². The molecule has 1 unspecified atom stereocenters. The minimum Gasteiger partial charge on any atom is -0.480 e. The number of aliphatic carboxylic acids is 1. The summed E-state index contributed by atoms with van der Waals surface area (Å²) in [7, 11) is 0. The number of aryl methyl sites for hydroxylation is 1. The fourth-order valence-corrected chi connectivity index (χ4v) is 3.47. The number of benzene rings is 1. The van der Waals surface area contributed by atoms with Gasteiger partial charge in [0.05, 0.1) is 16.3 Å². The molecule has 0 bridgehead atoms. The van der Waals surface area contributed by atoms with Crippen molar-refractivity contribution in [1.29, 1.82) is 0 Å². The van der Waals surface area contributed by atoms with Crippen molar-refractivity contribution in [2.24, 2.45) is 0 Å². The molecule has 0 saturated heterocycles. The number of thiazole rings is 1. The number of aromatic nitrogens is 1. The van der Waals surface area contributed by atoms with Crippen molar-refractivity contribution in [3.05, 3.63) is 45.9 Å². The molecule has 0 spiro atoms. The zero-order valence-electron chi connectivity index (χ0n) is 12.3. The summed E-state index contributed by atoms with van der Waals surface area (Å²) in [5.41, 5.74) is 1.24. The van der Waals surface area contributed by atoms with Gasteiger partial charge in [-0.25, -0.2) is 14.2 Å². The van der Waals surface area contributed by atoms with Gasteiger partial charge in [0.25, 0.3) is 5.91 Å². The molecule has 0 saturated carbocycles. The Morgan fingerprint density at radius 1 is 1.43 bits per heavy atom. The van der Waals surface area contributed by atoms with E-state index in [9.17, 15) is 14.0 Å². The molecule has 0 fully saturated rings. The first-order valence-electron chi connectivity index (χ1n) is 6.73. The van der Waals surface area contributed by atoms with E-state index in [4.69, 9.17) is 5.11 Å². The molecule has 0 aliphatic rings. The van der Waals surface area contributed by atoms with E-state index in [2.05, 4.69) is 10.3 Å². The van der Waals surface area contributed by atoms with Gasteiger partial charge in [-0.05, 0) is 19.1 Å². The van der Waals surface area contributed by atoms with Gasteiger partial charge in [0.2, 0.25) is 0 Å². The first-order valence-corrected chi connectivity index (χ1v) is 8.60. The number of carboxylic acids is 1. The van der Waals surface area contributed by atoms with Gasteiger partial charge in [-0.1, -0.05) is 12.1 Å². The highest BCUT2D eigenvalue weighted by atomic mass is 32.2. The van der Waals surface area contributed by atoms with Crippen LogP contribution in [0.1, 0.15) is 21.1 Å². The molecule has 2 N–H and O–H groups in total. The molecule has 0 aliphatic carbocycles. The summed E-state index contributed by atoms with van der Waals surface area (Å²) in [6.45, 7) is 0.762. The molecular formula is C15H15FN2O3S2. The number of carbonyl (C=O) groups excluding carboxylic acids is 1. The molecule has 1 amide bonds. The number of nitrogens with zero attached hydrogens (tertiary/aromatic N) is 1. The van der Waals surface area contributed by atoms with Gasteiger partial charge >= 0.3 is 5.97 Å². The predicted octanol–water partition coefficient (Wildman–Crippen LogP) is 2.90. The van der Waals surface area contributed by atoms with Gasteiger partial charge in [-0.15, -0.1) is 23.1 Å². The first kappa shape index (κ1) is 17.4. The van der Waals surface area contributed by atoms with Crippen LogP contribution in [0.2, 0.25) is 0 Å². The van der Waals surface area contributed by atoms with Crippen LogP contribution in [0, 0.1) is 6.92 Å². The van der Waals surface area contributed by atoms with E-state index in [-0.39, 0.29) is 0 Å². The van der Waals surface area contributed by atoms with Crippen molar-refractivity contribution >= 4 is 35.0 Å². The second-order valence-corrected chi connectivity index (χ2v) is 6.74. The molecule has 23 heavy (non-hydrogen) atoms. The van der Waals surface area contributed by atoms with Crippen molar-refractivity contribution in [3.63, 3.8) is 0 Å². The van der Waals surface area contributed by atoms with E-state index in [1.54, 1.807) is 35.6 Å². The van der Waals surface area contributed by atoms with Crippen LogP contribution in [0.5, 0.6) is 0 Å². The summed E-state index contributed by atoms with van der Waals surface area (Å²) in [5.74, 6) is -1.41. The Hall–Kier alpha value is -1.93. The molecule has 0 radical (unpaired) electrons. The zero-order chi connectivity index (χ0) is 16.8. The maximum Gasteiger partial charge on any atom is 0.328 e. The smallest absolute Gasteiger partial charge is 0.328 e. The molecule has 1 aromatic heterocycles. The summed E-state index contributed by atoms with van der Waals surface area (Å²) in [5, 5.41) is 13.9. The summed E-state index contributed by atoms with van der Waals surface area (Å²) in [4.78, 5) is 28.1. The summed E-state index contributed by atoms with van der Waals surface area (Å²) < 4.78 is 12.6. The van der Waals surface area contributed by atoms with Crippen LogP contribution >= 0.6 is 23.1 Å². The van der Waals surface area contributed by atoms with Gasteiger partial charge < -0.3 is 10.4 Å². The fraction of sp³-hybridized carbons (Fsp3) is 0.267. The SMILES string of the molecule is Cc1nc(CSc2ccccc2C(=O)NC(CF)C(=O)O)cs1. The van der Waals surface area contributed by atoms with Crippen LogP contribution in [-0.2, 0) is 10.5 Å². The summed E-state index contributed by atoms with van der Waals surface area (Å²) >= 11 is 2.98. The molecule has 5 nitrogen and oxygen atoms in total. The van der Waals surface area contributed by atoms with E-state index < -0.39 is 24.6 Å². The Morgan fingerprint density at radius 3 is 2.78 bits per heavy atom. The number of alkyl halides is 1. The summed E-state index contributed by atoms with van der Waals surface area (Å²) in [6, 6.07) is 5.28. The predicted molar refractivity (Wildman–Crippen MR) is 87.7 cm³/mol. The van der Waals surface area contributed by atoms with E-state index in [0.717, 1.165) is 10.7 Å². The van der Waals surface area contributed by atoms with Crippen molar-refractivity contribution < 1.29 is 19.1 Å². The van der Waals surface area contributed by atoms with Crippen LogP contribution in [0.3, 0.4) is 0 Å². The maximum atomic E-state index is 12.6. The van der Waals surface area contributed by atoms with E-state index in [1.807, 2.05) is 12.3 Å². The van der Waals surface area contributed by atoms with Gasteiger partial charge in [-0.2, -0.15) is 0 Å². The number of thioether (sulfide) groups is 1. The topological polar surface area (TPSA) is 79.3 Å². The van der Waals surface area contributed by atoms with Gasteiger partial charge in [-0.3, -0.25) is 4.79 Å². The number of nitrogens with one attached hydrogen (secondary N) is 1. The van der Waals surface area contributed by atoms with Crippen LogP contribution < -0.4 is 5.32 Å². The minimum atomic E-state index is -1.54. The Kier molecular flexibility index (Phi) is 6.12. The minimum absolute atomic E-state index is 0.323.